The molecule has 2 aromatic carbocycles. The van der Waals surface area contributed by atoms with E-state index in [9.17, 15) is 4.79 Å². The highest BCUT2D eigenvalue weighted by Gasteiger charge is 2.02. The van der Waals surface area contributed by atoms with E-state index in [0.717, 1.165) is 11.1 Å². The van der Waals surface area contributed by atoms with Crippen molar-refractivity contribution in [3.05, 3.63) is 76.3 Å². The molecule has 1 nitrogen and oxygen atoms in total. The summed E-state index contributed by atoms with van der Waals surface area (Å²) in [6.07, 6.45) is 3.41. The number of benzene rings is 2. The molecular weight excluding hydrogens is 244 g/mol. The van der Waals surface area contributed by atoms with Crippen LogP contribution in [0.5, 0.6) is 0 Å². The zero-order chi connectivity index (χ0) is 13.0. The van der Waals surface area contributed by atoms with Crippen LogP contribution in [-0.4, -0.2) is 5.78 Å². The highest BCUT2D eigenvalue weighted by atomic mass is 35.5. The minimum Gasteiger partial charge on any atom is -0.289 e. The number of carbonyl (C=O) groups is 1. The van der Waals surface area contributed by atoms with Crippen molar-refractivity contribution in [2.75, 3.05) is 0 Å². The van der Waals surface area contributed by atoms with Gasteiger partial charge in [-0.05, 0) is 36.3 Å². The van der Waals surface area contributed by atoms with E-state index in [1.807, 2.05) is 37.3 Å². The Morgan fingerprint density at radius 3 is 2.61 bits per heavy atom. The summed E-state index contributed by atoms with van der Waals surface area (Å²) >= 11 is 5.85. The Balaban J connectivity index is 2.20. The van der Waals surface area contributed by atoms with Gasteiger partial charge in [-0.2, -0.15) is 0 Å². The van der Waals surface area contributed by atoms with Crippen LogP contribution in [0.15, 0.2) is 54.6 Å². The van der Waals surface area contributed by atoms with Gasteiger partial charge in [-0.3, -0.25) is 4.79 Å². The number of hydrogen-bond acceptors (Lipinski definition) is 1. The van der Waals surface area contributed by atoms with Crippen molar-refractivity contribution < 1.29 is 4.79 Å². The van der Waals surface area contributed by atoms with Crippen LogP contribution in [0.25, 0.3) is 6.08 Å². The number of hydrogen-bond donors (Lipinski definition) is 0. The van der Waals surface area contributed by atoms with E-state index >= 15 is 0 Å². The average molecular weight is 257 g/mol. The Kier molecular flexibility index (Phi) is 3.96. The smallest absolute Gasteiger partial charge is 0.185 e. The zero-order valence-corrected chi connectivity index (χ0v) is 10.8. The third-order valence-electron chi connectivity index (χ3n) is 2.71. The molecule has 2 heteroatoms. The van der Waals surface area contributed by atoms with Gasteiger partial charge >= 0.3 is 0 Å². The van der Waals surface area contributed by atoms with Crippen LogP contribution in [0.2, 0.25) is 5.02 Å². The van der Waals surface area contributed by atoms with Gasteiger partial charge in [0.15, 0.2) is 5.78 Å². The van der Waals surface area contributed by atoms with Crippen LogP contribution in [0.3, 0.4) is 0 Å². The first-order valence-corrected chi connectivity index (χ1v) is 6.08. The minimum atomic E-state index is -0.0410. The van der Waals surface area contributed by atoms with Gasteiger partial charge in [0, 0.05) is 10.6 Å². The molecule has 0 unspecified atom stereocenters. The number of aryl methyl sites for hydroxylation is 1. The molecule has 0 saturated carbocycles. The SMILES string of the molecule is Cc1ccccc1C=CC(=O)c1cccc(Cl)c1. The van der Waals surface area contributed by atoms with E-state index in [4.69, 9.17) is 11.6 Å². The summed E-state index contributed by atoms with van der Waals surface area (Å²) in [4.78, 5) is 11.9. The predicted octanol–water partition coefficient (Wildman–Crippen LogP) is 4.54. The lowest BCUT2D eigenvalue weighted by Gasteiger charge is -1.99. The molecule has 2 aromatic rings. The molecule has 0 aliphatic heterocycles. The van der Waals surface area contributed by atoms with Crippen molar-refractivity contribution in [3.8, 4) is 0 Å². The normalized spacial score (nSPS) is 10.8. The second kappa shape index (κ2) is 5.65. The zero-order valence-electron chi connectivity index (χ0n) is 10.1. The Morgan fingerprint density at radius 2 is 1.89 bits per heavy atom. The predicted molar refractivity (Wildman–Crippen MR) is 76.0 cm³/mol. The van der Waals surface area contributed by atoms with E-state index < -0.39 is 0 Å². The molecule has 0 spiro atoms. The van der Waals surface area contributed by atoms with Crippen LogP contribution in [0, 0.1) is 6.92 Å². The summed E-state index contributed by atoms with van der Waals surface area (Å²) in [5.41, 5.74) is 2.80. The maximum atomic E-state index is 11.9. The van der Waals surface area contributed by atoms with Crippen molar-refractivity contribution in [3.63, 3.8) is 0 Å². The molecule has 0 saturated heterocycles. The van der Waals surface area contributed by atoms with Crippen LogP contribution < -0.4 is 0 Å². The minimum absolute atomic E-state index is 0.0410. The molecule has 0 radical (unpaired) electrons. The first-order chi connectivity index (χ1) is 8.66. The third kappa shape index (κ3) is 3.08. The summed E-state index contributed by atoms with van der Waals surface area (Å²) in [5, 5.41) is 0.574. The van der Waals surface area contributed by atoms with Gasteiger partial charge in [-0.15, -0.1) is 0 Å². The fourth-order valence-electron chi connectivity index (χ4n) is 1.68. The molecule has 0 heterocycles. The summed E-state index contributed by atoms with van der Waals surface area (Å²) < 4.78 is 0. The Morgan fingerprint density at radius 1 is 1.11 bits per heavy atom. The molecule has 2 rings (SSSR count). The second-order valence-electron chi connectivity index (χ2n) is 4.06. The Hall–Kier alpha value is -1.86. The fraction of sp³-hybridized carbons (Fsp3) is 0.0625. The topological polar surface area (TPSA) is 17.1 Å². The first-order valence-electron chi connectivity index (χ1n) is 5.70. The van der Waals surface area contributed by atoms with Crippen LogP contribution >= 0.6 is 11.6 Å². The molecule has 0 aliphatic rings. The fourth-order valence-corrected chi connectivity index (χ4v) is 1.87. The van der Waals surface area contributed by atoms with Crippen molar-refractivity contribution in [2.45, 2.75) is 6.92 Å². The van der Waals surface area contributed by atoms with Crippen molar-refractivity contribution in [2.24, 2.45) is 0 Å². The van der Waals surface area contributed by atoms with Crippen LogP contribution in [0.4, 0.5) is 0 Å². The van der Waals surface area contributed by atoms with Gasteiger partial charge in [0.05, 0.1) is 0 Å². The summed E-state index contributed by atoms with van der Waals surface area (Å²) in [6, 6.07) is 14.9. The molecule has 0 aromatic heterocycles. The highest BCUT2D eigenvalue weighted by Crippen LogP contribution is 2.13. The molecule has 0 fully saturated rings. The quantitative estimate of drug-likeness (QED) is 0.582. The van der Waals surface area contributed by atoms with Gasteiger partial charge in [0.25, 0.3) is 0 Å². The van der Waals surface area contributed by atoms with Gasteiger partial charge in [0.2, 0.25) is 0 Å². The highest BCUT2D eigenvalue weighted by molar-refractivity contribution is 6.31. The van der Waals surface area contributed by atoms with Gasteiger partial charge in [-0.25, -0.2) is 0 Å². The van der Waals surface area contributed by atoms with Crippen LogP contribution in [-0.2, 0) is 0 Å². The van der Waals surface area contributed by atoms with Crippen molar-refractivity contribution in [1.82, 2.24) is 0 Å². The molecule has 0 N–H and O–H groups in total. The van der Waals surface area contributed by atoms with E-state index in [1.165, 1.54) is 0 Å². The van der Waals surface area contributed by atoms with Gasteiger partial charge in [0.1, 0.15) is 0 Å². The van der Waals surface area contributed by atoms with E-state index in [-0.39, 0.29) is 5.78 Å². The lowest BCUT2D eigenvalue weighted by molar-refractivity contribution is 0.104. The number of ketones is 1. The molecule has 90 valence electrons. The Bertz CT molecular complexity index is 600. The molecule has 0 bridgehead atoms. The van der Waals surface area contributed by atoms with Crippen molar-refractivity contribution >= 4 is 23.5 Å². The van der Waals surface area contributed by atoms with Crippen LogP contribution in [0.1, 0.15) is 21.5 Å². The molecule has 0 aliphatic carbocycles. The van der Waals surface area contributed by atoms with Gasteiger partial charge in [-0.1, -0.05) is 54.1 Å². The summed E-state index contributed by atoms with van der Waals surface area (Å²) in [7, 11) is 0. The monoisotopic (exact) mass is 256 g/mol. The number of allylic oxidation sites excluding steroid dienone is 1. The van der Waals surface area contributed by atoms with Crippen molar-refractivity contribution in [1.29, 1.82) is 0 Å². The summed E-state index contributed by atoms with van der Waals surface area (Å²) in [6.45, 7) is 2.02. The van der Waals surface area contributed by atoms with E-state index in [0.29, 0.717) is 10.6 Å². The molecule has 0 amide bonds. The standard InChI is InChI=1S/C16H13ClO/c1-12-5-2-3-6-13(12)9-10-16(18)14-7-4-8-15(17)11-14/h2-11H,1H3. The van der Waals surface area contributed by atoms with Gasteiger partial charge < -0.3 is 0 Å². The number of halogens is 1. The average Bonchev–Trinajstić information content (AvgIpc) is 2.37. The van der Waals surface area contributed by atoms with E-state index in [1.54, 1.807) is 30.3 Å². The largest absolute Gasteiger partial charge is 0.289 e. The molecule has 18 heavy (non-hydrogen) atoms. The second-order valence-corrected chi connectivity index (χ2v) is 4.50. The molecular formula is C16H13ClO. The molecule has 0 atom stereocenters. The maximum absolute atomic E-state index is 11.9. The maximum Gasteiger partial charge on any atom is 0.185 e. The lowest BCUT2D eigenvalue weighted by atomic mass is 10.1. The summed E-state index contributed by atoms with van der Waals surface area (Å²) in [5.74, 6) is -0.0410. The van der Waals surface area contributed by atoms with E-state index in [2.05, 4.69) is 0 Å². The number of carbonyl (C=O) groups excluding carboxylic acids is 1. The third-order valence-corrected chi connectivity index (χ3v) is 2.95. The number of rotatable bonds is 3. The lowest BCUT2D eigenvalue weighted by Crippen LogP contribution is -1.93. The Labute approximate surface area is 112 Å². The first kappa shape index (κ1) is 12.6.